The second kappa shape index (κ2) is 7.97. The summed E-state index contributed by atoms with van der Waals surface area (Å²) in [6, 6.07) is 9.66. The highest BCUT2D eigenvalue weighted by Crippen LogP contribution is 2.30. The summed E-state index contributed by atoms with van der Waals surface area (Å²) in [6.45, 7) is -0.565. The molecule has 0 bridgehead atoms. The molecule has 0 aliphatic rings. The minimum Gasteiger partial charge on any atom is -0.497 e. The third-order valence-corrected chi connectivity index (χ3v) is 5.43. The van der Waals surface area contributed by atoms with Crippen molar-refractivity contribution >= 4 is 21.6 Å². The molecule has 0 aliphatic carbocycles. The van der Waals surface area contributed by atoms with Crippen LogP contribution in [0.2, 0.25) is 0 Å². The number of ether oxygens (including phenoxy) is 1. The SMILES string of the molecule is COc1ccc(S(=O)(=O)N(C)CC(=O)Nc2cccc(C(F)(F)F)c2)cc1. The Hall–Kier alpha value is -2.59. The first-order chi connectivity index (χ1) is 12.5. The van der Waals surface area contributed by atoms with Crippen molar-refractivity contribution in [1.29, 1.82) is 0 Å². The van der Waals surface area contributed by atoms with Crippen LogP contribution >= 0.6 is 0 Å². The summed E-state index contributed by atoms with van der Waals surface area (Å²) >= 11 is 0. The van der Waals surface area contributed by atoms with Crippen LogP contribution in [0.4, 0.5) is 18.9 Å². The summed E-state index contributed by atoms with van der Waals surface area (Å²) < 4.78 is 68.8. The molecule has 0 saturated heterocycles. The third-order valence-electron chi connectivity index (χ3n) is 3.61. The van der Waals surface area contributed by atoms with E-state index in [-0.39, 0.29) is 10.6 Å². The van der Waals surface area contributed by atoms with Gasteiger partial charge in [-0.25, -0.2) is 8.42 Å². The van der Waals surface area contributed by atoms with Gasteiger partial charge in [0, 0.05) is 12.7 Å². The fourth-order valence-corrected chi connectivity index (χ4v) is 3.32. The van der Waals surface area contributed by atoms with Crippen molar-refractivity contribution in [3.8, 4) is 5.75 Å². The molecule has 0 spiro atoms. The molecule has 27 heavy (non-hydrogen) atoms. The number of carbonyl (C=O) groups is 1. The number of methoxy groups -OCH3 is 1. The van der Waals surface area contributed by atoms with Crippen LogP contribution in [0.3, 0.4) is 0 Å². The van der Waals surface area contributed by atoms with Gasteiger partial charge in [-0.05, 0) is 42.5 Å². The number of alkyl halides is 3. The number of nitrogens with zero attached hydrogens (tertiary/aromatic N) is 1. The van der Waals surface area contributed by atoms with Gasteiger partial charge in [0.2, 0.25) is 15.9 Å². The number of nitrogens with one attached hydrogen (secondary N) is 1. The van der Waals surface area contributed by atoms with Gasteiger partial charge in [0.05, 0.1) is 24.1 Å². The maximum atomic E-state index is 12.7. The maximum Gasteiger partial charge on any atom is 0.416 e. The van der Waals surface area contributed by atoms with Crippen molar-refractivity contribution in [2.75, 3.05) is 26.0 Å². The van der Waals surface area contributed by atoms with Crippen molar-refractivity contribution in [2.24, 2.45) is 0 Å². The first-order valence-corrected chi connectivity index (χ1v) is 9.05. The Morgan fingerprint density at radius 2 is 1.78 bits per heavy atom. The molecular formula is C17H17F3N2O4S. The largest absolute Gasteiger partial charge is 0.497 e. The van der Waals surface area contributed by atoms with Crippen LogP contribution in [0.15, 0.2) is 53.4 Å². The molecule has 0 fully saturated rings. The van der Waals surface area contributed by atoms with Crippen molar-refractivity contribution in [2.45, 2.75) is 11.1 Å². The average molecular weight is 402 g/mol. The van der Waals surface area contributed by atoms with Gasteiger partial charge >= 0.3 is 6.18 Å². The smallest absolute Gasteiger partial charge is 0.416 e. The van der Waals surface area contributed by atoms with Crippen LogP contribution in [0, 0.1) is 0 Å². The number of hydrogen-bond acceptors (Lipinski definition) is 4. The molecule has 146 valence electrons. The van der Waals surface area contributed by atoms with Gasteiger partial charge in [0.25, 0.3) is 0 Å². The fourth-order valence-electron chi connectivity index (χ4n) is 2.19. The first-order valence-electron chi connectivity index (χ1n) is 7.61. The monoisotopic (exact) mass is 402 g/mol. The van der Waals surface area contributed by atoms with E-state index in [1.807, 2.05) is 0 Å². The zero-order valence-corrected chi connectivity index (χ0v) is 15.3. The number of sulfonamides is 1. The molecule has 0 heterocycles. The van der Waals surface area contributed by atoms with Gasteiger partial charge in [-0.1, -0.05) is 6.07 Å². The van der Waals surface area contributed by atoms with E-state index in [0.717, 1.165) is 22.5 Å². The Kier molecular flexibility index (Phi) is 6.11. The Morgan fingerprint density at radius 3 is 2.33 bits per heavy atom. The molecule has 0 aliphatic heterocycles. The zero-order valence-electron chi connectivity index (χ0n) is 14.4. The predicted molar refractivity (Wildman–Crippen MR) is 92.9 cm³/mol. The molecule has 0 radical (unpaired) electrons. The standard InChI is InChI=1S/C17H17F3N2O4S/c1-22(27(24,25)15-8-6-14(26-2)7-9-15)11-16(23)21-13-5-3-4-12(10-13)17(18,19)20/h3-10H,11H2,1-2H3,(H,21,23). The molecule has 2 aromatic carbocycles. The lowest BCUT2D eigenvalue weighted by atomic mass is 10.2. The van der Waals surface area contributed by atoms with Crippen LogP contribution in [0.25, 0.3) is 0 Å². The fraction of sp³-hybridized carbons (Fsp3) is 0.235. The lowest BCUT2D eigenvalue weighted by molar-refractivity contribution is -0.137. The lowest BCUT2D eigenvalue weighted by Crippen LogP contribution is -2.35. The van der Waals surface area contributed by atoms with Crippen LogP contribution in [0.1, 0.15) is 5.56 Å². The lowest BCUT2D eigenvalue weighted by Gasteiger charge is -2.17. The van der Waals surface area contributed by atoms with E-state index in [0.29, 0.717) is 5.75 Å². The van der Waals surface area contributed by atoms with E-state index in [9.17, 15) is 26.4 Å². The molecule has 0 atom stereocenters. The summed E-state index contributed by atoms with van der Waals surface area (Å²) in [4.78, 5) is 12.0. The highest BCUT2D eigenvalue weighted by Gasteiger charge is 2.30. The van der Waals surface area contributed by atoms with E-state index in [1.165, 1.54) is 44.5 Å². The number of carbonyl (C=O) groups excluding carboxylic acids is 1. The zero-order chi connectivity index (χ0) is 20.2. The molecule has 0 aromatic heterocycles. The van der Waals surface area contributed by atoms with Gasteiger partial charge in [-0.15, -0.1) is 0 Å². The normalized spacial score (nSPS) is 12.1. The number of benzene rings is 2. The molecule has 2 aromatic rings. The summed E-state index contributed by atoms with van der Waals surface area (Å²) in [7, 11) is -1.31. The minimum atomic E-state index is -4.55. The van der Waals surface area contributed by atoms with E-state index in [1.54, 1.807) is 0 Å². The van der Waals surface area contributed by atoms with Gasteiger partial charge in [-0.2, -0.15) is 17.5 Å². The van der Waals surface area contributed by atoms with E-state index >= 15 is 0 Å². The highest BCUT2D eigenvalue weighted by molar-refractivity contribution is 7.89. The first kappa shape index (κ1) is 20.7. The Balaban J connectivity index is 2.08. The van der Waals surface area contributed by atoms with Gasteiger partial charge in [-0.3, -0.25) is 4.79 Å². The minimum absolute atomic E-state index is 0.0438. The summed E-state index contributed by atoms with van der Waals surface area (Å²) in [5, 5.41) is 2.26. The molecule has 0 unspecified atom stereocenters. The number of likely N-dealkylation sites (N-methyl/N-ethyl adjacent to an activating group) is 1. The Labute approximate surface area is 154 Å². The van der Waals surface area contributed by atoms with Gasteiger partial charge < -0.3 is 10.1 Å². The van der Waals surface area contributed by atoms with E-state index in [2.05, 4.69) is 5.32 Å². The average Bonchev–Trinajstić information content (AvgIpc) is 2.61. The molecule has 0 saturated carbocycles. The predicted octanol–water partition coefficient (Wildman–Crippen LogP) is 2.97. The van der Waals surface area contributed by atoms with Crippen LogP contribution in [0.5, 0.6) is 5.75 Å². The Bertz CT molecular complexity index is 913. The molecule has 6 nitrogen and oxygen atoms in total. The second-order valence-electron chi connectivity index (χ2n) is 5.56. The molecule has 2 rings (SSSR count). The number of amides is 1. The highest BCUT2D eigenvalue weighted by atomic mass is 32.2. The van der Waals surface area contributed by atoms with Crippen LogP contribution < -0.4 is 10.1 Å². The molecule has 1 N–H and O–H groups in total. The molecule has 1 amide bonds. The Morgan fingerprint density at radius 1 is 1.15 bits per heavy atom. The maximum absolute atomic E-state index is 12.7. The number of hydrogen-bond donors (Lipinski definition) is 1. The van der Waals surface area contributed by atoms with Crippen molar-refractivity contribution in [3.63, 3.8) is 0 Å². The van der Waals surface area contributed by atoms with Crippen LogP contribution in [-0.2, 0) is 21.0 Å². The summed E-state index contributed by atoms with van der Waals surface area (Å²) in [5.74, 6) is -0.298. The van der Waals surface area contributed by atoms with Crippen molar-refractivity contribution in [3.05, 3.63) is 54.1 Å². The van der Waals surface area contributed by atoms with E-state index < -0.39 is 34.2 Å². The third kappa shape index (κ3) is 5.20. The van der Waals surface area contributed by atoms with Crippen molar-refractivity contribution in [1.82, 2.24) is 4.31 Å². The van der Waals surface area contributed by atoms with Gasteiger partial charge in [0.1, 0.15) is 5.75 Å². The van der Waals surface area contributed by atoms with Crippen LogP contribution in [-0.4, -0.2) is 39.3 Å². The number of rotatable bonds is 6. The number of halogens is 3. The topological polar surface area (TPSA) is 75.7 Å². The quantitative estimate of drug-likeness (QED) is 0.806. The van der Waals surface area contributed by atoms with E-state index in [4.69, 9.17) is 4.74 Å². The second-order valence-corrected chi connectivity index (χ2v) is 7.61. The number of anilines is 1. The summed E-state index contributed by atoms with van der Waals surface area (Å²) in [6.07, 6.45) is -4.55. The molecule has 10 heteroatoms. The van der Waals surface area contributed by atoms with Crippen molar-refractivity contribution < 1.29 is 31.1 Å². The van der Waals surface area contributed by atoms with Gasteiger partial charge in [0.15, 0.2) is 0 Å². The molecular weight excluding hydrogens is 385 g/mol. The summed E-state index contributed by atoms with van der Waals surface area (Å²) in [5.41, 5.74) is -0.996.